The van der Waals surface area contributed by atoms with Gasteiger partial charge in [0.15, 0.2) is 0 Å². The van der Waals surface area contributed by atoms with Crippen LogP contribution in [0.15, 0.2) is 40.9 Å². The number of hydrogen-bond acceptors (Lipinski definition) is 3. The number of ether oxygens (including phenoxy) is 1. The Morgan fingerprint density at radius 1 is 1.25 bits per heavy atom. The number of rotatable bonds is 0. The zero-order valence-electron chi connectivity index (χ0n) is 8.18. The Bertz CT molecular complexity index is 668. The van der Waals surface area contributed by atoms with Gasteiger partial charge in [0.25, 0.3) is 0 Å². The van der Waals surface area contributed by atoms with E-state index in [9.17, 15) is 4.79 Å². The minimum atomic E-state index is -1.34. The Balaban J connectivity index is 2.15. The van der Waals surface area contributed by atoms with Gasteiger partial charge >= 0.3 is 6.16 Å². The molecule has 1 aromatic rings. The van der Waals surface area contributed by atoms with Crippen LogP contribution >= 0.6 is 0 Å². The highest BCUT2D eigenvalue weighted by molar-refractivity contribution is 6.07. The van der Waals surface area contributed by atoms with E-state index in [4.69, 9.17) is 5.11 Å². The van der Waals surface area contributed by atoms with Crippen LogP contribution < -0.4 is 10.4 Å². The van der Waals surface area contributed by atoms with Gasteiger partial charge in [-0.2, -0.15) is 0 Å². The van der Waals surface area contributed by atoms with E-state index in [2.05, 4.69) is 9.73 Å². The Hall–Kier alpha value is -2.36. The van der Waals surface area contributed by atoms with E-state index in [0.29, 0.717) is 0 Å². The maximum absolute atomic E-state index is 10.4. The van der Waals surface area contributed by atoms with Crippen molar-refractivity contribution in [1.29, 1.82) is 0 Å². The number of aliphatic imine (C=N–C) groups is 1. The molecule has 2 aliphatic rings. The van der Waals surface area contributed by atoms with Crippen LogP contribution in [0.2, 0.25) is 0 Å². The predicted octanol–water partition coefficient (Wildman–Crippen LogP) is 0.622. The molecular formula is C12H7NO3. The molecule has 0 amide bonds. The van der Waals surface area contributed by atoms with Crippen LogP contribution in [0.5, 0.6) is 0 Å². The highest BCUT2D eigenvalue weighted by Gasteiger charge is 2.19. The third kappa shape index (κ3) is 1.24. The van der Waals surface area contributed by atoms with Gasteiger partial charge < -0.3 is 9.84 Å². The fourth-order valence-electron chi connectivity index (χ4n) is 1.88. The lowest BCUT2D eigenvalue weighted by atomic mass is 10.2. The average Bonchev–Trinajstić information content (AvgIpc) is 2.73. The van der Waals surface area contributed by atoms with Crippen LogP contribution in [0, 0.1) is 0 Å². The molecule has 1 aliphatic carbocycles. The molecule has 4 nitrogen and oxygen atoms in total. The number of carboxylic acid groups (broad SMARTS) is 1. The number of benzene rings is 1. The molecule has 1 N–H and O–H groups in total. The zero-order valence-corrected chi connectivity index (χ0v) is 8.18. The highest BCUT2D eigenvalue weighted by atomic mass is 16.7. The molecule has 78 valence electrons. The van der Waals surface area contributed by atoms with Crippen molar-refractivity contribution in [2.75, 3.05) is 0 Å². The molecule has 0 fully saturated rings. The summed E-state index contributed by atoms with van der Waals surface area (Å²) in [5, 5.41) is 10.6. The van der Waals surface area contributed by atoms with Gasteiger partial charge in [-0.3, -0.25) is 0 Å². The second-order valence-corrected chi connectivity index (χ2v) is 3.50. The molecule has 0 radical (unpaired) electrons. The molecule has 0 bridgehead atoms. The first-order chi connectivity index (χ1) is 7.74. The Kier molecular flexibility index (Phi) is 1.71. The molecule has 16 heavy (non-hydrogen) atoms. The fourth-order valence-corrected chi connectivity index (χ4v) is 1.88. The van der Waals surface area contributed by atoms with Gasteiger partial charge in [0.2, 0.25) is 5.90 Å². The first-order valence-electron chi connectivity index (χ1n) is 4.77. The fraction of sp³-hybridized carbons (Fsp3) is 0. The highest BCUT2D eigenvalue weighted by Crippen LogP contribution is 2.22. The number of nitrogens with zero attached hydrogens (tertiary/aromatic N) is 1. The van der Waals surface area contributed by atoms with E-state index >= 15 is 0 Å². The summed E-state index contributed by atoms with van der Waals surface area (Å²) in [6, 6.07) is 7.83. The Labute approximate surface area is 90.5 Å². The van der Waals surface area contributed by atoms with Crippen molar-refractivity contribution in [3.05, 3.63) is 46.4 Å². The smallest absolute Gasteiger partial charge is 0.449 e. The second kappa shape index (κ2) is 3.06. The summed E-state index contributed by atoms with van der Waals surface area (Å²) < 4.78 is 4.51. The minimum absolute atomic E-state index is 0.128. The topological polar surface area (TPSA) is 58.9 Å². The van der Waals surface area contributed by atoms with Crippen molar-refractivity contribution < 1.29 is 14.6 Å². The number of fused-ring (bicyclic) bond motifs is 2. The molecule has 3 rings (SSSR count). The molecule has 4 heteroatoms. The third-order valence-corrected chi connectivity index (χ3v) is 2.49. The predicted molar refractivity (Wildman–Crippen MR) is 58.2 cm³/mol. The minimum Gasteiger partial charge on any atom is -0.449 e. The van der Waals surface area contributed by atoms with E-state index in [1.54, 1.807) is 6.08 Å². The summed E-state index contributed by atoms with van der Waals surface area (Å²) in [4.78, 5) is 14.5. The molecule has 0 saturated carbocycles. The van der Waals surface area contributed by atoms with Crippen molar-refractivity contribution in [3.63, 3.8) is 0 Å². The summed E-state index contributed by atoms with van der Waals surface area (Å²) in [5.74, 6) is 0.128. The van der Waals surface area contributed by atoms with Crippen molar-refractivity contribution in [3.8, 4) is 0 Å². The largest absolute Gasteiger partial charge is 0.512 e. The van der Waals surface area contributed by atoms with Gasteiger partial charge in [0, 0.05) is 16.9 Å². The lowest BCUT2D eigenvalue weighted by Gasteiger charge is -1.93. The summed E-state index contributed by atoms with van der Waals surface area (Å²) in [6.07, 6.45) is 2.25. The quantitative estimate of drug-likeness (QED) is 0.643. The van der Waals surface area contributed by atoms with Crippen molar-refractivity contribution in [2.24, 2.45) is 4.99 Å². The molecule has 1 aromatic carbocycles. The molecular weight excluding hydrogens is 206 g/mol. The van der Waals surface area contributed by atoms with Crippen LogP contribution in [-0.2, 0) is 4.74 Å². The van der Waals surface area contributed by atoms with Crippen molar-refractivity contribution >= 4 is 23.8 Å². The van der Waals surface area contributed by atoms with Crippen LogP contribution in [0.1, 0.15) is 0 Å². The SMILES string of the molecule is O=C(O)OC1=NC2=c3ccccc3=CC2=C1. The standard InChI is InChI=1S/C12H7NO3/c14-12(15)16-10-6-8-5-7-3-1-2-4-9(7)11(8)13-10/h1-6H,(H,14,15). The molecule has 0 aromatic heterocycles. The molecule has 1 aliphatic heterocycles. The van der Waals surface area contributed by atoms with Gasteiger partial charge in [0.05, 0.1) is 5.70 Å². The van der Waals surface area contributed by atoms with Gasteiger partial charge in [0.1, 0.15) is 0 Å². The molecule has 0 atom stereocenters. The maximum atomic E-state index is 10.4. The molecule has 0 spiro atoms. The van der Waals surface area contributed by atoms with E-state index < -0.39 is 6.16 Å². The first kappa shape index (κ1) is 8.91. The normalized spacial score (nSPS) is 15.9. The van der Waals surface area contributed by atoms with E-state index in [1.807, 2.05) is 30.3 Å². The summed E-state index contributed by atoms with van der Waals surface area (Å²) in [6.45, 7) is 0. The Morgan fingerprint density at radius 2 is 2.06 bits per heavy atom. The van der Waals surface area contributed by atoms with Crippen molar-refractivity contribution in [1.82, 2.24) is 0 Å². The average molecular weight is 213 g/mol. The molecule has 1 heterocycles. The summed E-state index contributed by atoms with van der Waals surface area (Å²) in [5.41, 5.74) is 1.68. The van der Waals surface area contributed by atoms with Gasteiger partial charge in [-0.05, 0) is 11.3 Å². The van der Waals surface area contributed by atoms with Gasteiger partial charge in [-0.15, -0.1) is 0 Å². The van der Waals surface area contributed by atoms with E-state index in [0.717, 1.165) is 21.7 Å². The second-order valence-electron chi connectivity index (χ2n) is 3.50. The van der Waals surface area contributed by atoms with Crippen LogP contribution in [-0.4, -0.2) is 17.2 Å². The Morgan fingerprint density at radius 3 is 2.88 bits per heavy atom. The summed E-state index contributed by atoms with van der Waals surface area (Å²) >= 11 is 0. The van der Waals surface area contributed by atoms with Gasteiger partial charge in [-0.1, -0.05) is 24.3 Å². The van der Waals surface area contributed by atoms with Crippen LogP contribution in [0.25, 0.3) is 11.8 Å². The van der Waals surface area contributed by atoms with Crippen LogP contribution in [0.3, 0.4) is 0 Å². The van der Waals surface area contributed by atoms with E-state index in [1.165, 1.54) is 0 Å². The maximum Gasteiger partial charge on any atom is 0.512 e. The first-order valence-corrected chi connectivity index (χ1v) is 4.77. The van der Waals surface area contributed by atoms with E-state index in [-0.39, 0.29) is 5.90 Å². The zero-order chi connectivity index (χ0) is 11.1. The number of carbonyl (C=O) groups is 1. The third-order valence-electron chi connectivity index (χ3n) is 2.49. The van der Waals surface area contributed by atoms with Crippen molar-refractivity contribution in [2.45, 2.75) is 0 Å². The lowest BCUT2D eigenvalue weighted by Crippen LogP contribution is -2.21. The monoisotopic (exact) mass is 213 g/mol. The van der Waals surface area contributed by atoms with Gasteiger partial charge in [-0.25, -0.2) is 9.79 Å². The van der Waals surface area contributed by atoms with Crippen LogP contribution in [0.4, 0.5) is 4.79 Å². The lowest BCUT2D eigenvalue weighted by molar-refractivity contribution is 0.141. The summed E-state index contributed by atoms with van der Waals surface area (Å²) in [7, 11) is 0. The number of hydrogen-bond donors (Lipinski definition) is 1. The molecule has 0 saturated heterocycles. The molecule has 0 unspecified atom stereocenters.